The van der Waals surface area contributed by atoms with Crippen LogP contribution in [0.4, 0.5) is 10.7 Å². The largest absolute Gasteiger partial charge is 0.469 e. The second kappa shape index (κ2) is 9.68. The molecular weight excluding hydrogens is 432 g/mol. The van der Waals surface area contributed by atoms with Crippen molar-refractivity contribution in [3.8, 4) is 5.88 Å². The number of ether oxygens (including phenoxy) is 5. The van der Waals surface area contributed by atoms with Crippen LogP contribution in [0.5, 0.6) is 5.88 Å². The summed E-state index contributed by atoms with van der Waals surface area (Å²) >= 11 is 0. The first-order valence-electron chi connectivity index (χ1n) is 11.3. The summed E-state index contributed by atoms with van der Waals surface area (Å²) in [5.41, 5.74) is -0.504. The molecule has 1 unspecified atom stereocenters. The first-order valence-corrected chi connectivity index (χ1v) is 11.3. The van der Waals surface area contributed by atoms with Gasteiger partial charge in [-0.05, 0) is 33.6 Å². The highest BCUT2D eigenvalue weighted by molar-refractivity contribution is 5.68. The Kier molecular flexibility index (Phi) is 6.89. The quantitative estimate of drug-likeness (QED) is 0.645. The standard InChI is InChI=1S/C22H32N4O7/c1-13(27)31-15-11-29-19-16(12-30-18(15)19)32-17-5-8-23-20(25-17)24-14-6-9-26(10-7-14)21(28)33-22(2,3)4/h5,8,14-16,18-19H,6-7,9-12H2,1-4H3,(H,23,24,25)/t15-,16?,18+,19+/m0/s1. The molecule has 1 aromatic rings. The summed E-state index contributed by atoms with van der Waals surface area (Å²) in [6, 6.07) is 1.82. The number of anilines is 1. The van der Waals surface area contributed by atoms with E-state index in [0.29, 0.717) is 31.5 Å². The number of likely N-dealkylation sites (tertiary alicyclic amines) is 1. The normalized spacial score (nSPS) is 27.7. The molecule has 4 rings (SSSR count). The lowest BCUT2D eigenvalue weighted by Crippen LogP contribution is -2.44. The summed E-state index contributed by atoms with van der Waals surface area (Å²) in [5.74, 6) is 0.511. The lowest BCUT2D eigenvalue weighted by atomic mass is 10.1. The fourth-order valence-corrected chi connectivity index (χ4v) is 4.19. The molecule has 3 aliphatic rings. The number of hydrogen-bond acceptors (Lipinski definition) is 10. The molecule has 1 amide bonds. The van der Waals surface area contributed by atoms with Crippen molar-refractivity contribution in [3.05, 3.63) is 12.3 Å². The maximum atomic E-state index is 12.2. The minimum absolute atomic E-state index is 0.140. The van der Waals surface area contributed by atoms with Crippen molar-refractivity contribution in [1.82, 2.24) is 14.9 Å². The van der Waals surface area contributed by atoms with Gasteiger partial charge in [-0.3, -0.25) is 4.79 Å². The zero-order chi connectivity index (χ0) is 23.6. The third kappa shape index (κ3) is 6.02. The van der Waals surface area contributed by atoms with Crippen molar-refractivity contribution in [2.45, 2.75) is 76.6 Å². The van der Waals surface area contributed by atoms with Gasteiger partial charge in [0.25, 0.3) is 0 Å². The lowest BCUT2D eigenvalue weighted by molar-refractivity contribution is -0.151. The second-order valence-corrected chi connectivity index (χ2v) is 9.50. The smallest absolute Gasteiger partial charge is 0.410 e. The molecule has 182 valence electrons. The highest BCUT2D eigenvalue weighted by Gasteiger charge is 2.50. The fourth-order valence-electron chi connectivity index (χ4n) is 4.19. The van der Waals surface area contributed by atoms with Gasteiger partial charge in [0.2, 0.25) is 11.8 Å². The molecule has 4 atom stereocenters. The molecule has 0 bridgehead atoms. The molecule has 0 saturated carbocycles. The van der Waals surface area contributed by atoms with Crippen LogP contribution in [0, 0.1) is 0 Å². The highest BCUT2D eigenvalue weighted by Crippen LogP contribution is 2.31. The molecule has 3 aliphatic heterocycles. The van der Waals surface area contributed by atoms with Gasteiger partial charge < -0.3 is 33.9 Å². The lowest BCUT2D eigenvalue weighted by Gasteiger charge is -2.33. The number of nitrogens with zero attached hydrogens (tertiary/aromatic N) is 3. The molecule has 0 spiro atoms. The van der Waals surface area contributed by atoms with Gasteiger partial charge in [0.15, 0.2) is 12.2 Å². The Bertz CT molecular complexity index is 853. The van der Waals surface area contributed by atoms with Crippen molar-refractivity contribution >= 4 is 18.0 Å². The summed E-state index contributed by atoms with van der Waals surface area (Å²) in [7, 11) is 0. The molecule has 3 saturated heterocycles. The van der Waals surface area contributed by atoms with Gasteiger partial charge in [-0.1, -0.05) is 0 Å². The predicted molar refractivity (Wildman–Crippen MR) is 116 cm³/mol. The summed E-state index contributed by atoms with van der Waals surface area (Å²) in [6.07, 6.45) is 1.44. The number of hydrogen-bond donors (Lipinski definition) is 1. The van der Waals surface area contributed by atoms with Crippen LogP contribution in [0.1, 0.15) is 40.5 Å². The number of nitrogens with one attached hydrogen (secondary N) is 1. The van der Waals surface area contributed by atoms with E-state index in [1.807, 2.05) is 20.8 Å². The monoisotopic (exact) mass is 464 g/mol. The minimum Gasteiger partial charge on any atom is -0.469 e. The average Bonchev–Trinajstić information content (AvgIpc) is 3.31. The molecule has 1 N–H and O–H groups in total. The molecule has 0 aliphatic carbocycles. The topological polar surface area (TPSA) is 121 Å². The van der Waals surface area contributed by atoms with E-state index < -0.39 is 11.7 Å². The summed E-state index contributed by atoms with van der Waals surface area (Å²) in [6.45, 7) is 8.77. The van der Waals surface area contributed by atoms with Crippen LogP contribution in [0.25, 0.3) is 0 Å². The second-order valence-electron chi connectivity index (χ2n) is 9.50. The van der Waals surface area contributed by atoms with Crippen LogP contribution in [0.3, 0.4) is 0 Å². The average molecular weight is 465 g/mol. The number of esters is 1. The third-order valence-corrected chi connectivity index (χ3v) is 5.66. The van der Waals surface area contributed by atoms with E-state index in [0.717, 1.165) is 12.8 Å². The van der Waals surface area contributed by atoms with E-state index in [1.54, 1.807) is 17.2 Å². The molecule has 0 aromatic carbocycles. The summed E-state index contributed by atoms with van der Waals surface area (Å²) < 4.78 is 28.2. The zero-order valence-corrected chi connectivity index (χ0v) is 19.5. The molecule has 3 fully saturated rings. The van der Waals surface area contributed by atoms with E-state index in [-0.39, 0.29) is 43.0 Å². The van der Waals surface area contributed by atoms with E-state index in [2.05, 4.69) is 15.3 Å². The molecule has 4 heterocycles. The van der Waals surface area contributed by atoms with Gasteiger partial charge in [0.1, 0.15) is 17.8 Å². The van der Waals surface area contributed by atoms with Crippen molar-refractivity contribution in [3.63, 3.8) is 0 Å². The zero-order valence-electron chi connectivity index (χ0n) is 19.5. The maximum Gasteiger partial charge on any atom is 0.410 e. The molecule has 11 heteroatoms. The van der Waals surface area contributed by atoms with Crippen LogP contribution in [-0.2, 0) is 23.7 Å². The minimum atomic E-state index is -0.504. The van der Waals surface area contributed by atoms with Crippen molar-refractivity contribution < 1.29 is 33.3 Å². The van der Waals surface area contributed by atoms with E-state index in [1.165, 1.54) is 6.92 Å². The number of carbonyl (C=O) groups is 2. The van der Waals surface area contributed by atoms with E-state index in [4.69, 9.17) is 23.7 Å². The first-order chi connectivity index (χ1) is 15.7. The molecule has 11 nitrogen and oxygen atoms in total. The third-order valence-electron chi connectivity index (χ3n) is 5.66. The van der Waals surface area contributed by atoms with Gasteiger partial charge >= 0.3 is 12.1 Å². The Balaban J connectivity index is 1.27. The number of piperidine rings is 1. The Morgan fingerprint density at radius 2 is 1.79 bits per heavy atom. The fraction of sp³-hybridized carbons (Fsp3) is 0.727. The Morgan fingerprint density at radius 3 is 2.45 bits per heavy atom. The molecule has 33 heavy (non-hydrogen) atoms. The Hall–Kier alpha value is -2.66. The number of amides is 1. The van der Waals surface area contributed by atoms with Crippen molar-refractivity contribution in [2.75, 3.05) is 31.6 Å². The Morgan fingerprint density at radius 1 is 1.12 bits per heavy atom. The number of aromatic nitrogens is 2. The number of rotatable bonds is 5. The van der Waals surface area contributed by atoms with Crippen molar-refractivity contribution in [2.24, 2.45) is 0 Å². The summed E-state index contributed by atoms with van der Waals surface area (Å²) in [5, 5.41) is 3.33. The maximum absolute atomic E-state index is 12.2. The van der Waals surface area contributed by atoms with Gasteiger partial charge in [-0.15, -0.1) is 0 Å². The SMILES string of the molecule is CC(=O)O[C@H]1CO[C@@H]2C(Oc3ccnc(NC4CCN(C(=O)OC(C)(C)C)CC4)n3)CO[C@H]12. The molecule has 1 aromatic heterocycles. The van der Waals surface area contributed by atoms with Gasteiger partial charge in [-0.2, -0.15) is 4.98 Å². The van der Waals surface area contributed by atoms with Crippen LogP contribution in [-0.4, -0.2) is 89.3 Å². The first kappa shape index (κ1) is 23.5. The number of fused-ring (bicyclic) bond motifs is 1. The van der Waals surface area contributed by atoms with E-state index >= 15 is 0 Å². The van der Waals surface area contributed by atoms with E-state index in [9.17, 15) is 9.59 Å². The Labute approximate surface area is 193 Å². The van der Waals surface area contributed by atoms with Gasteiger partial charge in [-0.25, -0.2) is 9.78 Å². The van der Waals surface area contributed by atoms with Crippen LogP contribution >= 0.6 is 0 Å². The van der Waals surface area contributed by atoms with Crippen LogP contribution < -0.4 is 10.1 Å². The highest BCUT2D eigenvalue weighted by atomic mass is 16.7. The van der Waals surface area contributed by atoms with Crippen LogP contribution in [0.15, 0.2) is 12.3 Å². The van der Waals surface area contributed by atoms with Gasteiger partial charge in [0, 0.05) is 38.3 Å². The predicted octanol–water partition coefficient (Wildman–Crippen LogP) is 1.76. The molecule has 0 radical (unpaired) electrons. The molecular formula is C22H32N4O7. The number of carbonyl (C=O) groups excluding carboxylic acids is 2. The van der Waals surface area contributed by atoms with Crippen molar-refractivity contribution in [1.29, 1.82) is 0 Å². The van der Waals surface area contributed by atoms with Gasteiger partial charge in [0.05, 0.1) is 13.2 Å². The summed E-state index contributed by atoms with van der Waals surface area (Å²) in [4.78, 5) is 34.0. The van der Waals surface area contributed by atoms with Crippen LogP contribution in [0.2, 0.25) is 0 Å².